The SMILES string of the molecule is Cc1ccc(-c2nc3ccc(C(=O)OC(C)C(=O)Nc4cccc(C)c4C)cc3[nH]2)cc1. The minimum absolute atomic E-state index is 0.350. The summed E-state index contributed by atoms with van der Waals surface area (Å²) in [5.41, 5.74) is 6.72. The molecule has 0 fully saturated rings. The lowest BCUT2D eigenvalue weighted by Gasteiger charge is -2.15. The van der Waals surface area contributed by atoms with E-state index in [4.69, 9.17) is 4.74 Å². The third-order valence-corrected chi connectivity index (χ3v) is 5.56. The summed E-state index contributed by atoms with van der Waals surface area (Å²) in [7, 11) is 0. The number of nitrogens with one attached hydrogen (secondary N) is 2. The fourth-order valence-electron chi connectivity index (χ4n) is 3.39. The highest BCUT2D eigenvalue weighted by Crippen LogP contribution is 2.23. The molecular formula is C26H25N3O3. The van der Waals surface area contributed by atoms with Crippen molar-refractivity contribution in [3.8, 4) is 11.4 Å². The molecule has 1 unspecified atom stereocenters. The van der Waals surface area contributed by atoms with Crippen molar-refractivity contribution in [2.45, 2.75) is 33.8 Å². The molecule has 2 N–H and O–H groups in total. The van der Waals surface area contributed by atoms with E-state index >= 15 is 0 Å². The molecule has 162 valence electrons. The molecule has 1 aromatic heterocycles. The second-order valence-corrected chi connectivity index (χ2v) is 7.97. The van der Waals surface area contributed by atoms with Crippen LogP contribution in [0.15, 0.2) is 60.7 Å². The zero-order valence-electron chi connectivity index (χ0n) is 18.5. The first-order valence-corrected chi connectivity index (χ1v) is 10.5. The van der Waals surface area contributed by atoms with Crippen LogP contribution in [-0.2, 0) is 9.53 Å². The predicted molar refractivity (Wildman–Crippen MR) is 126 cm³/mol. The molecule has 0 saturated heterocycles. The van der Waals surface area contributed by atoms with Crippen molar-refractivity contribution in [2.75, 3.05) is 5.32 Å². The van der Waals surface area contributed by atoms with E-state index in [1.165, 1.54) is 5.56 Å². The Morgan fingerprint density at radius 1 is 1.00 bits per heavy atom. The fourth-order valence-corrected chi connectivity index (χ4v) is 3.39. The minimum Gasteiger partial charge on any atom is -0.449 e. The first-order chi connectivity index (χ1) is 15.3. The Bertz CT molecular complexity index is 1310. The summed E-state index contributed by atoms with van der Waals surface area (Å²) >= 11 is 0. The van der Waals surface area contributed by atoms with E-state index in [2.05, 4.69) is 15.3 Å². The number of carbonyl (C=O) groups excluding carboxylic acids is 2. The Labute approximate surface area is 186 Å². The Hall–Kier alpha value is -3.93. The van der Waals surface area contributed by atoms with Gasteiger partial charge < -0.3 is 15.0 Å². The van der Waals surface area contributed by atoms with Gasteiger partial charge in [0.15, 0.2) is 6.10 Å². The van der Waals surface area contributed by atoms with Gasteiger partial charge in [0.05, 0.1) is 16.6 Å². The zero-order chi connectivity index (χ0) is 22.8. The van der Waals surface area contributed by atoms with Gasteiger partial charge in [0.25, 0.3) is 5.91 Å². The summed E-state index contributed by atoms with van der Waals surface area (Å²) in [6, 6.07) is 18.8. The number of anilines is 1. The predicted octanol–water partition coefficient (Wildman–Crippen LogP) is 5.34. The number of benzene rings is 3. The van der Waals surface area contributed by atoms with Gasteiger partial charge in [0, 0.05) is 11.3 Å². The second-order valence-electron chi connectivity index (χ2n) is 7.97. The summed E-state index contributed by atoms with van der Waals surface area (Å²) in [6.07, 6.45) is -0.942. The van der Waals surface area contributed by atoms with E-state index in [1.807, 2.05) is 63.2 Å². The smallest absolute Gasteiger partial charge is 0.338 e. The lowest BCUT2D eigenvalue weighted by atomic mass is 10.1. The van der Waals surface area contributed by atoms with E-state index < -0.39 is 12.1 Å². The number of rotatable bonds is 5. The maximum Gasteiger partial charge on any atom is 0.338 e. The van der Waals surface area contributed by atoms with Crippen LogP contribution < -0.4 is 5.32 Å². The molecule has 1 atom stereocenters. The number of aryl methyl sites for hydroxylation is 2. The molecule has 0 saturated carbocycles. The van der Waals surface area contributed by atoms with Crippen molar-refractivity contribution in [2.24, 2.45) is 0 Å². The highest BCUT2D eigenvalue weighted by molar-refractivity contribution is 5.99. The number of carbonyl (C=O) groups is 2. The van der Waals surface area contributed by atoms with Crippen LogP contribution in [0.1, 0.15) is 34.0 Å². The van der Waals surface area contributed by atoms with Crippen molar-refractivity contribution in [3.05, 3.63) is 82.9 Å². The number of H-pyrrole nitrogens is 1. The number of imidazole rings is 1. The number of ether oxygens (including phenoxy) is 1. The number of aromatic nitrogens is 2. The standard InChI is InChI=1S/C26H25N3O3/c1-15-8-10-19(11-9-15)24-27-22-13-12-20(14-23(22)28-24)26(31)32-18(4)25(30)29-21-7-5-6-16(2)17(21)3/h5-14,18H,1-4H3,(H,27,28)(H,29,30). The van der Waals surface area contributed by atoms with Gasteiger partial charge in [-0.2, -0.15) is 0 Å². The van der Waals surface area contributed by atoms with Crippen LogP contribution in [0.4, 0.5) is 5.69 Å². The van der Waals surface area contributed by atoms with Crippen LogP contribution in [-0.4, -0.2) is 27.9 Å². The summed E-state index contributed by atoms with van der Waals surface area (Å²) in [5, 5.41) is 2.83. The van der Waals surface area contributed by atoms with Crippen LogP contribution in [0.25, 0.3) is 22.4 Å². The van der Waals surface area contributed by atoms with Gasteiger partial charge in [0.2, 0.25) is 0 Å². The largest absolute Gasteiger partial charge is 0.449 e. The van der Waals surface area contributed by atoms with Gasteiger partial charge in [-0.05, 0) is 63.1 Å². The molecule has 32 heavy (non-hydrogen) atoms. The third-order valence-electron chi connectivity index (χ3n) is 5.56. The van der Waals surface area contributed by atoms with Crippen LogP contribution in [0, 0.1) is 20.8 Å². The molecule has 6 heteroatoms. The molecule has 0 aliphatic rings. The average Bonchev–Trinajstić information content (AvgIpc) is 3.20. The topological polar surface area (TPSA) is 84.1 Å². The van der Waals surface area contributed by atoms with Crippen LogP contribution in [0.3, 0.4) is 0 Å². The monoisotopic (exact) mass is 427 g/mol. The molecule has 4 rings (SSSR count). The van der Waals surface area contributed by atoms with Crippen LogP contribution >= 0.6 is 0 Å². The van der Waals surface area contributed by atoms with E-state index in [9.17, 15) is 9.59 Å². The molecule has 0 bridgehead atoms. The number of fused-ring (bicyclic) bond motifs is 1. The maximum atomic E-state index is 12.7. The first-order valence-electron chi connectivity index (χ1n) is 10.5. The van der Waals surface area contributed by atoms with Gasteiger partial charge >= 0.3 is 5.97 Å². The number of amides is 1. The number of aromatic amines is 1. The lowest BCUT2D eigenvalue weighted by molar-refractivity contribution is -0.123. The van der Waals surface area contributed by atoms with E-state index in [-0.39, 0.29) is 5.91 Å². The molecular weight excluding hydrogens is 402 g/mol. The fraction of sp³-hybridized carbons (Fsp3) is 0.192. The molecule has 6 nitrogen and oxygen atoms in total. The molecule has 3 aromatic carbocycles. The third kappa shape index (κ3) is 4.39. The van der Waals surface area contributed by atoms with Crippen LogP contribution in [0.5, 0.6) is 0 Å². The van der Waals surface area contributed by atoms with Crippen LogP contribution in [0.2, 0.25) is 0 Å². The highest BCUT2D eigenvalue weighted by atomic mass is 16.5. The number of hydrogen-bond donors (Lipinski definition) is 2. The van der Waals surface area contributed by atoms with Crippen molar-refractivity contribution >= 4 is 28.6 Å². The summed E-state index contributed by atoms with van der Waals surface area (Å²) in [4.78, 5) is 33.0. The maximum absolute atomic E-state index is 12.7. The van der Waals surface area contributed by atoms with Gasteiger partial charge in [-0.25, -0.2) is 9.78 Å². The molecule has 0 spiro atoms. The van der Waals surface area contributed by atoms with Crippen molar-refractivity contribution < 1.29 is 14.3 Å². The summed E-state index contributed by atoms with van der Waals surface area (Å²) in [5.74, 6) is -0.217. The number of esters is 1. The van der Waals surface area contributed by atoms with E-state index in [0.29, 0.717) is 11.3 Å². The van der Waals surface area contributed by atoms with Gasteiger partial charge in [-0.3, -0.25) is 4.79 Å². The van der Waals surface area contributed by atoms with Crippen molar-refractivity contribution in [3.63, 3.8) is 0 Å². The Morgan fingerprint density at radius 2 is 1.75 bits per heavy atom. The summed E-state index contributed by atoms with van der Waals surface area (Å²) < 4.78 is 5.41. The van der Waals surface area contributed by atoms with E-state index in [0.717, 1.165) is 33.5 Å². The quantitative estimate of drug-likeness (QED) is 0.421. The van der Waals surface area contributed by atoms with Crippen molar-refractivity contribution in [1.29, 1.82) is 0 Å². The van der Waals surface area contributed by atoms with Gasteiger partial charge in [-0.1, -0.05) is 42.0 Å². The Morgan fingerprint density at radius 3 is 2.50 bits per heavy atom. The molecule has 0 aliphatic heterocycles. The molecule has 0 aliphatic carbocycles. The normalized spacial score (nSPS) is 11.9. The Balaban J connectivity index is 1.47. The van der Waals surface area contributed by atoms with Gasteiger partial charge in [0.1, 0.15) is 5.82 Å². The molecule has 4 aromatic rings. The lowest BCUT2D eigenvalue weighted by Crippen LogP contribution is -2.30. The summed E-state index contributed by atoms with van der Waals surface area (Å²) in [6.45, 7) is 7.50. The van der Waals surface area contributed by atoms with Crippen molar-refractivity contribution in [1.82, 2.24) is 9.97 Å². The Kier molecular flexibility index (Phi) is 5.77. The number of hydrogen-bond acceptors (Lipinski definition) is 4. The molecule has 0 radical (unpaired) electrons. The number of nitrogens with zero attached hydrogens (tertiary/aromatic N) is 1. The zero-order valence-corrected chi connectivity index (χ0v) is 18.5. The second kappa shape index (κ2) is 8.67. The first kappa shape index (κ1) is 21.3. The molecule has 1 amide bonds. The average molecular weight is 428 g/mol. The van der Waals surface area contributed by atoms with Gasteiger partial charge in [-0.15, -0.1) is 0 Å². The van der Waals surface area contributed by atoms with E-state index in [1.54, 1.807) is 25.1 Å². The minimum atomic E-state index is -0.942. The highest BCUT2D eigenvalue weighted by Gasteiger charge is 2.20. The molecule has 1 heterocycles.